The van der Waals surface area contributed by atoms with E-state index in [1.54, 1.807) is 11.1 Å². The van der Waals surface area contributed by atoms with Gasteiger partial charge in [0.1, 0.15) is 29.4 Å². The predicted octanol–water partition coefficient (Wildman–Crippen LogP) is 5.76. The number of imidazole rings is 2. The first-order chi connectivity index (χ1) is 29.6. The molecule has 16 nitrogen and oxygen atoms in total. The van der Waals surface area contributed by atoms with Gasteiger partial charge in [-0.05, 0) is 98.7 Å². The number of hydrogen-bond acceptors (Lipinski definition) is 10. The molecule has 8 rings (SSSR count). The number of ether oxygens (including phenoxy) is 3. The summed E-state index contributed by atoms with van der Waals surface area (Å²) in [6, 6.07) is 13.8. The van der Waals surface area contributed by atoms with E-state index >= 15 is 0 Å². The lowest BCUT2D eigenvalue weighted by atomic mass is 9.90. The van der Waals surface area contributed by atoms with E-state index in [9.17, 15) is 19.2 Å². The molecule has 2 aromatic carbocycles. The molecule has 3 aromatic heterocycles. The molecule has 3 aliphatic rings. The third kappa shape index (κ3) is 8.88. The minimum Gasteiger partial charge on any atom is -0.453 e. The van der Waals surface area contributed by atoms with Crippen molar-refractivity contribution in [2.24, 2.45) is 11.8 Å². The molecule has 6 heterocycles. The highest BCUT2D eigenvalue weighted by molar-refractivity contribution is 5.88. The highest BCUT2D eigenvalue weighted by Crippen LogP contribution is 2.35. The molecule has 16 heteroatoms. The molecule has 4 N–H and O–H groups in total. The Balaban J connectivity index is 0.946. The molecule has 3 aliphatic heterocycles. The second kappa shape index (κ2) is 18.0. The van der Waals surface area contributed by atoms with Crippen LogP contribution in [0.15, 0.2) is 54.7 Å². The first-order valence-corrected chi connectivity index (χ1v) is 21.0. The van der Waals surface area contributed by atoms with E-state index in [2.05, 4.69) is 38.5 Å². The maximum atomic E-state index is 14.0. The van der Waals surface area contributed by atoms with E-state index in [1.807, 2.05) is 61.2 Å². The zero-order valence-electron chi connectivity index (χ0n) is 34.8. The van der Waals surface area contributed by atoms with Crippen LogP contribution in [0.5, 0.6) is 0 Å². The fraction of sp³-hybridized carbons (Fsp3) is 0.444. The number of carbonyl (C=O) groups is 4. The lowest BCUT2D eigenvalue weighted by Crippen LogP contribution is -2.53. The van der Waals surface area contributed by atoms with Gasteiger partial charge < -0.3 is 44.6 Å². The van der Waals surface area contributed by atoms with Crippen LogP contribution in [-0.2, 0) is 23.8 Å². The number of alkyl carbamates (subject to hydrolysis) is 2. The summed E-state index contributed by atoms with van der Waals surface area (Å²) in [5, 5.41) is 6.44. The third-order valence-corrected chi connectivity index (χ3v) is 12.0. The van der Waals surface area contributed by atoms with Crippen molar-refractivity contribution in [3.8, 4) is 23.1 Å². The fourth-order valence-electron chi connectivity index (χ4n) is 8.72. The Morgan fingerprint density at radius 1 is 0.787 bits per heavy atom. The Hall–Kier alpha value is -6.47. The number of aromatic nitrogens is 5. The Kier molecular flexibility index (Phi) is 12.2. The molecule has 0 spiro atoms. The Bertz CT molecular complexity index is 2500. The van der Waals surface area contributed by atoms with Crippen LogP contribution >= 0.6 is 0 Å². The molecule has 318 valence electrons. The van der Waals surface area contributed by atoms with Gasteiger partial charge >= 0.3 is 12.2 Å². The number of aromatic amines is 2. The van der Waals surface area contributed by atoms with E-state index in [0.29, 0.717) is 56.5 Å². The largest absolute Gasteiger partial charge is 0.453 e. The lowest BCUT2D eigenvalue weighted by molar-refractivity contribution is -0.137. The number of rotatable bonds is 9. The highest BCUT2D eigenvalue weighted by Gasteiger charge is 2.40. The number of benzene rings is 2. The molecule has 5 aromatic rings. The van der Waals surface area contributed by atoms with Crippen molar-refractivity contribution in [3.05, 3.63) is 77.6 Å². The molecule has 4 amide bonds. The van der Waals surface area contributed by atoms with Crippen LogP contribution in [-0.4, -0.2) is 111 Å². The van der Waals surface area contributed by atoms with Crippen molar-refractivity contribution < 1.29 is 33.4 Å². The maximum absolute atomic E-state index is 14.0. The van der Waals surface area contributed by atoms with Gasteiger partial charge in [0.25, 0.3) is 0 Å². The topological polar surface area (TPSA) is 197 Å². The van der Waals surface area contributed by atoms with Crippen LogP contribution < -0.4 is 10.6 Å². The van der Waals surface area contributed by atoms with Gasteiger partial charge in [-0.25, -0.2) is 24.5 Å². The van der Waals surface area contributed by atoms with Crippen LogP contribution in [0.1, 0.15) is 87.4 Å². The molecule has 0 saturated carbocycles. The second-order valence-electron chi connectivity index (χ2n) is 16.2. The van der Waals surface area contributed by atoms with E-state index in [1.165, 1.54) is 14.2 Å². The van der Waals surface area contributed by atoms with Crippen LogP contribution in [0.25, 0.3) is 33.2 Å². The summed E-state index contributed by atoms with van der Waals surface area (Å²) < 4.78 is 15.1. The summed E-state index contributed by atoms with van der Waals surface area (Å²) >= 11 is 0. The zero-order valence-corrected chi connectivity index (χ0v) is 34.8. The average Bonchev–Trinajstić information content (AvgIpc) is 4.12. The number of nitrogens with one attached hydrogen (secondary N) is 4. The van der Waals surface area contributed by atoms with Gasteiger partial charge in [0.15, 0.2) is 0 Å². The number of H-pyrrole nitrogens is 2. The lowest BCUT2D eigenvalue weighted by Gasteiger charge is -2.34. The normalized spacial score (nSPS) is 19.1. The van der Waals surface area contributed by atoms with E-state index in [0.717, 1.165) is 64.4 Å². The number of nitrogens with zero attached hydrogens (tertiary/aromatic N) is 5. The van der Waals surface area contributed by atoms with Crippen molar-refractivity contribution in [2.45, 2.75) is 76.5 Å². The standard InChI is InChI=1S/C45H51N9O7/c1-26(2)38(51-44(57)59-3)42(55)54-20-6-8-37(54)41-48-33-15-10-27(23-34(33)49-41)9-13-31-14-11-29-24-30(12-16-32(29)47-31)35-25-46-40(50-35)36-7-5-19-53(36)43(56)39(52-45(58)60-4)28-17-21-61-22-18-28/h10-12,14-16,23-26,28,36-39H,5-8,17-22H2,1-4H3,(H,46,50)(H,48,49)(H,51,57)(H,52,58)/t36-,37-,38-,39-/m0/s1. The Labute approximate surface area is 353 Å². The smallest absolute Gasteiger partial charge is 0.407 e. The number of fused-ring (bicyclic) bond motifs is 2. The predicted molar refractivity (Wildman–Crippen MR) is 226 cm³/mol. The second-order valence-corrected chi connectivity index (χ2v) is 16.2. The molecular weight excluding hydrogens is 779 g/mol. The quantitative estimate of drug-likeness (QED) is 0.133. The number of pyridine rings is 1. The van der Waals surface area contributed by atoms with Gasteiger partial charge in [-0.3, -0.25) is 9.59 Å². The molecule has 3 saturated heterocycles. The average molecular weight is 830 g/mol. The molecule has 61 heavy (non-hydrogen) atoms. The number of methoxy groups -OCH3 is 2. The van der Waals surface area contributed by atoms with Gasteiger partial charge in [-0.1, -0.05) is 25.8 Å². The minimum atomic E-state index is -0.704. The van der Waals surface area contributed by atoms with Crippen molar-refractivity contribution >= 4 is 45.9 Å². The van der Waals surface area contributed by atoms with Crippen molar-refractivity contribution in [1.29, 1.82) is 0 Å². The molecule has 0 unspecified atom stereocenters. The number of amides is 4. The molecular formula is C45H51N9O7. The summed E-state index contributed by atoms with van der Waals surface area (Å²) in [5.41, 5.74) is 5.57. The summed E-state index contributed by atoms with van der Waals surface area (Å²) in [4.78, 5) is 76.7. The van der Waals surface area contributed by atoms with Gasteiger partial charge in [0.05, 0.1) is 54.7 Å². The van der Waals surface area contributed by atoms with Gasteiger partial charge in [0, 0.05) is 42.8 Å². The Morgan fingerprint density at radius 3 is 2.23 bits per heavy atom. The van der Waals surface area contributed by atoms with Gasteiger partial charge in [-0.15, -0.1) is 0 Å². The van der Waals surface area contributed by atoms with Crippen LogP contribution in [0.2, 0.25) is 0 Å². The van der Waals surface area contributed by atoms with Gasteiger partial charge in [0.2, 0.25) is 11.8 Å². The van der Waals surface area contributed by atoms with Gasteiger partial charge in [-0.2, -0.15) is 0 Å². The molecule has 0 radical (unpaired) electrons. The summed E-state index contributed by atoms with van der Waals surface area (Å²) in [6.45, 7) is 6.05. The van der Waals surface area contributed by atoms with Crippen molar-refractivity contribution in [1.82, 2.24) is 45.4 Å². The minimum absolute atomic E-state index is 0.0371. The zero-order chi connectivity index (χ0) is 42.6. The summed E-state index contributed by atoms with van der Waals surface area (Å²) in [6.07, 6.45) is 5.10. The number of hydrogen-bond donors (Lipinski definition) is 4. The first-order valence-electron chi connectivity index (χ1n) is 21.0. The van der Waals surface area contributed by atoms with E-state index < -0.39 is 24.3 Å². The highest BCUT2D eigenvalue weighted by atomic mass is 16.5. The van der Waals surface area contributed by atoms with E-state index in [4.69, 9.17) is 29.2 Å². The van der Waals surface area contributed by atoms with Crippen molar-refractivity contribution in [3.63, 3.8) is 0 Å². The molecule has 4 atom stereocenters. The van der Waals surface area contributed by atoms with Crippen LogP contribution in [0, 0.1) is 23.7 Å². The Morgan fingerprint density at radius 2 is 1.49 bits per heavy atom. The molecule has 0 bridgehead atoms. The molecule has 3 fully saturated rings. The monoisotopic (exact) mass is 829 g/mol. The number of likely N-dealkylation sites (tertiary alicyclic amines) is 2. The summed E-state index contributed by atoms with van der Waals surface area (Å²) in [5.74, 6) is 7.42. The fourth-order valence-corrected chi connectivity index (χ4v) is 8.72. The van der Waals surface area contributed by atoms with Crippen LogP contribution in [0.4, 0.5) is 9.59 Å². The SMILES string of the molecule is COC(=O)N[C@H](C(=O)N1CCC[C@H]1c1nc2ccc(C#Cc3ccc4cc(-c5cnc([C@@H]6CCCN6C(=O)[C@@H](NC(=O)OC)C6CCOCC6)[nH]5)ccc4n3)cc2[nH]1)C(C)C. The summed E-state index contributed by atoms with van der Waals surface area (Å²) in [7, 11) is 2.59. The van der Waals surface area contributed by atoms with Crippen molar-refractivity contribution in [2.75, 3.05) is 40.5 Å². The third-order valence-electron chi connectivity index (χ3n) is 12.0. The number of carbonyl (C=O) groups excluding carboxylic acids is 4. The maximum Gasteiger partial charge on any atom is 0.407 e. The van der Waals surface area contributed by atoms with Crippen LogP contribution in [0.3, 0.4) is 0 Å². The molecule has 0 aliphatic carbocycles. The first kappa shape index (κ1) is 41.3. The van der Waals surface area contributed by atoms with E-state index in [-0.39, 0.29) is 35.7 Å².